The Morgan fingerprint density at radius 1 is 1.11 bits per heavy atom. The molecule has 1 aliphatic heterocycles. The van der Waals surface area contributed by atoms with E-state index in [1.54, 1.807) is 0 Å². The van der Waals surface area contributed by atoms with E-state index in [0.29, 0.717) is 17.4 Å². The minimum absolute atomic E-state index is 0.152. The molecule has 36 heavy (non-hydrogen) atoms. The molecule has 0 aliphatic carbocycles. The highest BCUT2D eigenvalue weighted by Gasteiger charge is 2.54. The second kappa shape index (κ2) is 9.74. The first-order chi connectivity index (χ1) is 16.4. The molecule has 0 bridgehead atoms. The van der Waals surface area contributed by atoms with Crippen molar-refractivity contribution in [2.45, 2.75) is 55.1 Å². The third-order valence-corrected chi connectivity index (χ3v) is 9.66. The quantitative estimate of drug-likeness (QED) is 0.400. The van der Waals surface area contributed by atoms with E-state index in [1.807, 2.05) is 5.32 Å². The largest absolute Gasteiger partial charge is 0.418 e. The van der Waals surface area contributed by atoms with E-state index in [2.05, 4.69) is 0 Å². The number of hydrogen-bond acceptors (Lipinski definition) is 6. The molecule has 6 nitrogen and oxygen atoms in total. The molecular weight excluding hydrogens is 539 g/mol. The second-order valence-electron chi connectivity index (χ2n) is 8.63. The number of benzene rings is 1. The van der Waals surface area contributed by atoms with Crippen molar-refractivity contribution < 1.29 is 44.3 Å². The number of aliphatic hydroxyl groups excluding tert-OH is 1. The number of thiophene rings is 1. The summed E-state index contributed by atoms with van der Waals surface area (Å²) in [4.78, 5) is 0.911. The molecule has 2 heterocycles. The fourth-order valence-corrected chi connectivity index (χ4v) is 7.26. The van der Waals surface area contributed by atoms with Gasteiger partial charge in [-0.2, -0.15) is 30.6 Å². The Morgan fingerprint density at radius 2 is 1.75 bits per heavy atom. The van der Waals surface area contributed by atoms with Crippen LogP contribution < -0.4 is 10.2 Å². The van der Waals surface area contributed by atoms with Gasteiger partial charge in [0.15, 0.2) is 0 Å². The summed E-state index contributed by atoms with van der Waals surface area (Å²) in [6.45, 7) is 2.79. The number of aliphatic hydroxyl groups is 1. The molecule has 202 valence electrons. The topological polar surface area (TPSA) is 72.9 Å². The SMILES string of the molecule is CC(O)NC(C)(c1ccc(S(=O)(=O)N2CCN(c3ccc(F)cc3C(F)(F)F)CC2C)s1)C(F)(F)F. The van der Waals surface area contributed by atoms with Crippen LogP contribution in [0.1, 0.15) is 31.2 Å². The predicted molar refractivity (Wildman–Crippen MR) is 120 cm³/mol. The summed E-state index contributed by atoms with van der Waals surface area (Å²) >= 11 is 0.389. The third kappa shape index (κ3) is 5.49. The lowest BCUT2D eigenvalue weighted by atomic mass is 9.99. The molecule has 1 fully saturated rings. The molecule has 0 radical (unpaired) electrons. The minimum Gasteiger partial charge on any atom is -0.379 e. The van der Waals surface area contributed by atoms with Crippen LogP contribution in [0.4, 0.5) is 36.4 Å². The zero-order valence-electron chi connectivity index (χ0n) is 19.3. The van der Waals surface area contributed by atoms with Crippen LogP contribution in [0, 0.1) is 5.82 Å². The molecule has 1 aromatic heterocycles. The van der Waals surface area contributed by atoms with Crippen molar-refractivity contribution in [2.24, 2.45) is 0 Å². The van der Waals surface area contributed by atoms with Gasteiger partial charge < -0.3 is 10.0 Å². The Morgan fingerprint density at radius 3 is 2.28 bits per heavy atom. The Hall–Kier alpha value is -1.94. The maximum Gasteiger partial charge on any atom is 0.418 e. The van der Waals surface area contributed by atoms with Crippen LogP contribution in [-0.4, -0.2) is 55.9 Å². The summed E-state index contributed by atoms with van der Waals surface area (Å²) in [5.41, 5.74) is -4.21. The van der Waals surface area contributed by atoms with Gasteiger partial charge >= 0.3 is 12.4 Å². The summed E-state index contributed by atoms with van der Waals surface area (Å²) < 4.78 is 122. The van der Waals surface area contributed by atoms with Crippen LogP contribution in [0.15, 0.2) is 34.5 Å². The molecule has 3 atom stereocenters. The van der Waals surface area contributed by atoms with Crippen molar-refractivity contribution in [3.05, 3.63) is 46.6 Å². The van der Waals surface area contributed by atoms with Gasteiger partial charge in [0.2, 0.25) is 0 Å². The van der Waals surface area contributed by atoms with E-state index in [0.717, 1.165) is 42.4 Å². The van der Waals surface area contributed by atoms with Crippen molar-refractivity contribution in [3.63, 3.8) is 0 Å². The Bertz CT molecular complexity index is 1200. The maximum absolute atomic E-state index is 13.8. The van der Waals surface area contributed by atoms with E-state index in [1.165, 1.54) is 11.8 Å². The Kier molecular flexibility index (Phi) is 7.75. The molecule has 1 aromatic carbocycles. The number of nitrogens with zero attached hydrogens (tertiary/aromatic N) is 2. The highest BCUT2D eigenvalue weighted by molar-refractivity contribution is 7.91. The van der Waals surface area contributed by atoms with Crippen molar-refractivity contribution >= 4 is 27.0 Å². The van der Waals surface area contributed by atoms with Gasteiger partial charge in [-0.15, -0.1) is 11.3 Å². The van der Waals surface area contributed by atoms with Gasteiger partial charge in [-0.25, -0.2) is 12.8 Å². The zero-order chi connectivity index (χ0) is 27.3. The normalized spacial score (nSPS) is 20.9. The molecule has 2 N–H and O–H groups in total. The molecule has 3 unspecified atom stereocenters. The summed E-state index contributed by atoms with van der Waals surface area (Å²) in [6, 6.07) is 3.43. The summed E-state index contributed by atoms with van der Waals surface area (Å²) in [7, 11) is -4.29. The lowest BCUT2D eigenvalue weighted by Crippen LogP contribution is -2.54. The summed E-state index contributed by atoms with van der Waals surface area (Å²) in [6.07, 6.45) is -11.2. The van der Waals surface area contributed by atoms with Gasteiger partial charge in [0.25, 0.3) is 10.0 Å². The highest BCUT2D eigenvalue weighted by Crippen LogP contribution is 2.43. The van der Waals surface area contributed by atoms with Gasteiger partial charge in [0, 0.05) is 36.2 Å². The first kappa shape index (κ1) is 28.6. The monoisotopic (exact) mass is 563 g/mol. The number of rotatable bonds is 6. The molecule has 2 aromatic rings. The highest BCUT2D eigenvalue weighted by atomic mass is 32.2. The molecule has 3 rings (SSSR count). The smallest absolute Gasteiger partial charge is 0.379 e. The van der Waals surface area contributed by atoms with Gasteiger partial charge in [-0.1, -0.05) is 0 Å². The molecule has 0 amide bonds. The maximum atomic E-state index is 13.8. The van der Waals surface area contributed by atoms with Gasteiger partial charge in [0.1, 0.15) is 21.8 Å². The number of sulfonamides is 1. The lowest BCUT2D eigenvalue weighted by Gasteiger charge is -2.40. The van der Waals surface area contributed by atoms with E-state index in [-0.39, 0.29) is 34.4 Å². The number of anilines is 1. The summed E-state index contributed by atoms with van der Waals surface area (Å²) in [5.74, 6) is -1.07. The van der Waals surface area contributed by atoms with Crippen LogP contribution in [-0.2, 0) is 21.7 Å². The van der Waals surface area contributed by atoms with Crippen molar-refractivity contribution in [1.82, 2.24) is 9.62 Å². The van der Waals surface area contributed by atoms with Crippen LogP contribution in [0.5, 0.6) is 0 Å². The van der Waals surface area contributed by atoms with Crippen LogP contribution in [0.25, 0.3) is 0 Å². The van der Waals surface area contributed by atoms with E-state index in [4.69, 9.17) is 0 Å². The van der Waals surface area contributed by atoms with Crippen molar-refractivity contribution in [3.8, 4) is 0 Å². The molecular formula is C21H24F7N3O3S2. The number of hydrogen-bond donors (Lipinski definition) is 2. The number of halogens is 7. The standard InChI is InChI=1S/C21H24F7N3O3S2/c1-12-11-30(16-5-4-14(22)10-15(16)20(23,24)25)8-9-31(12)36(33,34)18-7-6-17(35-18)19(3,21(26,27)28)29-13(2)32/h4-7,10,12-13,29,32H,8-9,11H2,1-3H3. The lowest BCUT2D eigenvalue weighted by molar-refractivity contribution is -0.202. The number of piperazine rings is 1. The molecule has 0 saturated carbocycles. The Balaban J connectivity index is 1.88. The summed E-state index contributed by atoms with van der Waals surface area (Å²) in [5, 5.41) is 11.5. The van der Waals surface area contributed by atoms with E-state index in [9.17, 15) is 44.3 Å². The number of nitrogens with one attached hydrogen (secondary N) is 1. The molecule has 15 heteroatoms. The van der Waals surface area contributed by atoms with Crippen LogP contribution >= 0.6 is 11.3 Å². The first-order valence-electron chi connectivity index (χ1n) is 10.6. The predicted octanol–water partition coefficient (Wildman–Crippen LogP) is 4.51. The van der Waals surface area contributed by atoms with Crippen molar-refractivity contribution in [2.75, 3.05) is 24.5 Å². The molecule has 1 saturated heterocycles. The van der Waals surface area contributed by atoms with Gasteiger partial charge in [-0.3, -0.25) is 5.32 Å². The van der Waals surface area contributed by atoms with E-state index >= 15 is 0 Å². The average molecular weight is 564 g/mol. The van der Waals surface area contributed by atoms with Crippen LogP contribution in [0.3, 0.4) is 0 Å². The van der Waals surface area contributed by atoms with Gasteiger partial charge in [0.05, 0.1) is 5.56 Å². The zero-order valence-corrected chi connectivity index (χ0v) is 20.9. The fourth-order valence-electron chi connectivity index (χ4n) is 4.08. The Labute approximate surface area is 207 Å². The minimum atomic E-state index is -4.86. The first-order valence-corrected chi connectivity index (χ1v) is 12.9. The molecule has 0 spiro atoms. The number of alkyl halides is 6. The van der Waals surface area contributed by atoms with Crippen LogP contribution in [0.2, 0.25) is 0 Å². The van der Waals surface area contributed by atoms with E-state index < -0.39 is 51.6 Å². The third-order valence-electron chi connectivity index (χ3n) is 5.87. The molecule has 1 aliphatic rings. The second-order valence-corrected chi connectivity index (χ2v) is 11.8. The van der Waals surface area contributed by atoms with Gasteiger partial charge in [-0.05, 0) is 51.1 Å². The van der Waals surface area contributed by atoms with Crippen molar-refractivity contribution in [1.29, 1.82) is 0 Å². The fraction of sp³-hybridized carbons (Fsp3) is 0.524. The average Bonchev–Trinajstić information content (AvgIpc) is 3.23.